The van der Waals surface area contributed by atoms with Crippen molar-refractivity contribution >= 4 is 35.0 Å². The van der Waals surface area contributed by atoms with Gasteiger partial charge in [0.15, 0.2) is 0 Å². The fourth-order valence-corrected chi connectivity index (χ4v) is 4.89. The lowest BCUT2D eigenvalue weighted by atomic mass is 9.71. The molecule has 31 heavy (non-hydrogen) atoms. The Kier molecular flexibility index (Phi) is 7.51. The number of nitriles is 1. The second kappa shape index (κ2) is 9.93. The quantitative estimate of drug-likeness (QED) is 0.547. The number of aryl methyl sites for hydroxylation is 1. The molecular formula is C24H28ClN3O2S. The summed E-state index contributed by atoms with van der Waals surface area (Å²) in [6.45, 7) is 6.82. The van der Waals surface area contributed by atoms with E-state index in [9.17, 15) is 10.1 Å². The molecular weight excluding hydrogens is 430 g/mol. The van der Waals surface area contributed by atoms with Gasteiger partial charge in [0.1, 0.15) is 16.8 Å². The number of nitrogens with zero attached hydrogens (tertiary/aromatic N) is 2. The minimum absolute atomic E-state index is 0.141. The Morgan fingerprint density at radius 2 is 2.16 bits per heavy atom. The van der Waals surface area contributed by atoms with E-state index in [4.69, 9.17) is 21.3 Å². The van der Waals surface area contributed by atoms with Crippen LogP contribution in [-0.4, -0.2) is 23.8 Å². The van der Waals surface area contributed by atoms with Gasteiger partial charge in [-0.1, -0.05) is 32.4 Å². The van der Waals surface area contributed by atoms with Crippen LogP contribution in [0.25, 0.3) is 0 Å². The summed E-state index contributed by atoms with van der Waals surface area (Å²) in [5.74, 6) is 1.54. The zero-order valence-electron chi connectivity index (χ0n) is 18.4. The molecule has 1 heterocycles. The fourth-order valence-electron chi connectivity index (χ4n) is 3.81. The minimum atomic E-state index is -0.141. The van der Waals surface area contributed by atoms with Crippen LogP contribution in [0.4, 0.5) is 5.69 Å². The van der Waals surface area contributed by atoms with E-state index in [1.807, 2.05) is 6.07 Å². The Hall–Kier alpha value is -2.23. The summed E-state index contributed by atoms with van der Waals surface area (Å²) in [5.41, 5.74) is 3.67. The number of fused-ring (bicyclic) bond motifs is 1. The third-order valence-electron chi connectivity index (χ3n) is 5.70. The summed E-state index contributed by atoms with van der Waals surface area (Å²) in [4.78, 5) is 17.2. The third kappa shape index (κ3) is 5.93. The lowest BCUT2D eigenvalue weighted by Gasteiger charge is -2.34. The lowest BCUT2D eigenvalue weighted by Crippen LogP contribution is -2.27. The van der Waals surface area contributed by atoms with Crippen LogP contribution in [0.5, 0.6) is 5.75 Å². The van der Waals surface area contributed by atoms with Gasteiger partial charge in [-0.3, -0.25) is 4.79 Å². The molecule has 1 unspecified atom stereocenters. The van der Waals surface area contributed by atoms with Crippen LogP contribution < -0.4 is 10.1 Å². The molecule has 3 rings (SSSR count). The Morgan fingerprint density at radius 3 is 2.84 bits per heavy atom. The standard InChI is InChI=1S/C24H28ClN3O2S/c1-24(2,3)17-5-7-19-15(12-17)11-16(14-26)23(28-19)31-10-9-22(29)27-20-13-18(25)6-8-21(20)30-4/h6,8,11,13,17H,5,7,9-10,12H2,1-4H3,(H,27,29). The Bertz CT molecular complexity index is 1010. The first kappa shape index (κ1) is 23.4. The number of rotatable bonds is 6. The SMILES string of the molecule is COc1ccc(Cl)cc1NC(=O)CCSc1nc2c(cc1C#N)CC(C(C)(C)C)CC2. The number of pyridine rings is 1. The van der Waals surface area contributed by atoms with E-state index in [0.717, 1.165) is 25.0 Å². The number of benzene rings is 1. The van der Waals surface area contributed by atoms with Gasteiger partial charge < -0.3 is 10.1 Å². The van der Waals surface area contributed by atoms with Crippen molar-refractivity contribution in [1.82, 2.24) is 4.98 Å². The van der Waals surface area contributed by atoms with Crippen molar-refractivity contribution in [3.8, 4) is 11.8 Å². The summed E-state index contributed by atoms with van der Waals surface area (Å²) in [5, 5.41) is 13.7. The highest BCUT2D eigenvalue weighted by Crippen LogP contribution is 2.38. The number of hydrogen-bond acceptors (Lipinski definition) is 5. The third-order valence-corrected chi connectivity index (χ3v) is 6.93. The molecule has 1 aliphatic carbocycles. The second-order valence-corrected chi connectivity index (χ2v) is 10.4. The molecule has 0 aliphatic heterocycles. The van der Waals surface area contributed by atoms with Crippen molar-refractivity contribution in [2.45, 2.75) is 51.5 Å². The highest BCUT2D eigenvalue weighted by Gasteiger charge is 2.30. The lowest BCUT2D eigenvalue weighted by molar-refractivity contribution is -0.115. The van der Waals surface area contributed by atoms with Gasteiger partial charge in [-0.25, -0.2) is 4.98 Å². The van der Waals surface area contributed by atoms with Crippen LogP contribution in [-0.2, 0) is 17.6 Å². The maximum absolute atomic E-state index is 12.4. The maximum atomic E-state index is 12.4. The van der Waals surface area contributed by atoms with Crippen molar-refractivity contribution in [2.24, 2.45) is 11.3 Å². The molecule has 1 atom stereocenters. The molecule has 0 bridgehead atoms. The number of methoxy groups -OCH3 is 1. The number of aromatic nitrogens is 1. The first-order valence-electron chi connectivity index (χ1n) is 10.4. The number of amides is 1. The molecule has 1 aliphatic rings. The van der Waals surface area contributed by atoms with E-state index in [1.165, 1.54) is 17.3 Å². The first-order chi connectivity index (χ1) is 14.7. The Labute approximate surface area is 193 Å². The van der Waals surface area contributed by atoms with E-state index in [-0.39, 0.29) is 17.7 Å². The first-order valence-corrected chi connectivity index (χ1v) is 11.8. The summed E-state index contributed by atoms with van der Waals surface area (Å²) in [7, 11) is 1.55. The van der Waals surface area contributed by atoms with E-state index >= 15 is 0 Å². The highest BCUT2D eigenvalue weighted by molar-refractivity contribution is 7.99. The van der Waals surface area contributed by atoms with Gasteiger partial charge >= 0.3 is 0 Å². The predicted molar refractivity (Wildman–Crippen MR) is 126 cm³/mol. The number of anilines is 1. The van der Waals surface area contributed by atoms with Crippen LogP contribution in [0.1, 0.15) is 50.4 Å². The average Bonchev–Trinajstić information content (AvgIpc) is 2.72. The van der Waals surface area contributed by atoms with Crippen molar-refractivity contribution < 1.29 is 9.53 Å². The van der Waals surface area contributed by atoms with Gasteiger partial charge in [0.25, 0.3) is 0 Å². The number of ether oxygens (including phenoxy) is 1. The molecule has 0 saturated heterocycles. The molecule has 5 nitrogen and oxygen atoms in total. The average molecular weight is 458 g/mol. The summed E-state index contributed by atoms with van der Waals surface area (Å²) < 4.78 is 5.26. The molecule has 0 fully saturated rings. The Morgan fingerprint density at radius 1 is 1.39 bits per heavy atom. The van der Waals surface area contributed by atoms with Gasteiger partial charge in [-0.05, 0) is 60.4 Å². The van der Waals surface area contributed by atoms with Crippen LogP contribution in [0.3, 0.4) is 0 Å². The second-order valence-electron chi connectivity index (χ2n) is 8.86. The maximum Gasteiger partial charge on any atom is 0.225 e. The largest absolute Gasteiger partial charge is 0.495 e. The molecule has 0 saturated carbocycles. The number of hydrogen-bond donors (Lipinski definition) is 1. The number of thioether (sulfide) groups is 1. The molecule has 1 aromatic carbocycles. The van der Waals surface area contributed by atoms with E-state index in [0.29, 0.717) is 38.7 Å². The molecule has 0 radical (unpaired) electrons. The molecule has 1 amide bonds. The van der Waals surface area contributed by atoms with Crippen molar-refractivity contribution in [3.63, 3.8) is 0 Å². The van der Waals surface area contributed by atoms with Crippen molar-refractivity contribution in [3.05, 3.63) is 46.1 Å². The molecule has 7 heteroatoms. The van der Waals surface area contributed by atoms with E-state index < -0.39 is 0 Å². The minimum Gasteiger partial charge on any atom is -0.495 e. The zero-order chi connectivity index (χ0) is 22.6. The Balaban J connectivity index is 1.63. The zero-order valence-corrected chi connectivity index (χ0v) is 20.0. The van der Waals surface area contributed by atoms with Crippen LogP contribution in [0.15, 0.2) is 29.3 Å². The van der Waals surface area contributed by atoms with Crippen LogP contribution >= 0.6 is 23.4 Å². The highest BCUT2D eigenvalue weighted by atomic mass is 35.5. The smallest absolute Gasteiger partial charge is 0.225 e. The number of nitrogens with one attached hydrogen (secondary N) is 1. The normalized spacial score (nSPS) is 15.7. The molecule has 1 aromatic heterocycles. The van der Waals surface area contributed by atoms with Crippen LogP contribution in [0.2, 0.25) is 5.02 Å². The van der Waals surface area contributed by atoms with Gasteiger partial charge in [0, 0.05) is 22.9 Å². The monoisotopic (exact) mass is 457 g/mol. The number of halogens is 1. The summed E-state index contributed by atoms with van der Waals surface area (Å²) in [6, 6.07) is 9.37. The van der Waals surface area contributed by atoms with Gasteiger partial charge in [-0.2, -0.15) is 5.26 Å². The van der Waals surface area contributed by atoms with Crippen molar-refractivity contribution in [1.29, 1.82) is 5.26 Å². The summed E-state index contributed by atoms with van der Waals surface area (Å²) >= 11 is 7.47. The van der Waals surface area contributed by atoms with Gasteiger partial charge in [0.05, 0.1) is 18.4 Å². The summed E-state index contributed by atoms with van der Waals surface area (Å²) in [6.07, 6.45) is 3.31. The molecule has 164 valence electrons. The predicted octanol–water partition coefficient (Wildman–Crippen LogP) is 5.89. The van der Waals surface area contributed by atoms with Crippen LogP contribution in [0, 0.1) is 22.7 Å². The number of carbonyl (C=O) groups excluding carboxylic acids is 1. The van der Waals surface area contributed by atoms with Crippen molar-refractivity contribution in [2.75, 3.05) is 18.2 Å². The molecule has 2 aromatic rings. The van der Waals surface area contributed by atoms with E-state index in [1.54, 1.807) is 25.3 Å². The number of carbonyl (C=O) groups is 1. The van der Waals surface area contributed by atoms with Gasteiger partial charge in [-0.15, -0.1) is 11.8 Å². The van der Waals surface area contributed by atoms with Gasteiger partial charge in [0.2, 0.25) is 5.91 Å². The molecule has 0 spiro atoms. The van der Waals surface area contributed by atoms with E-state index in [2.05, 4.69) is 32.2 Å². The molecule has 1 N–H and O–H groups in total. The topological polar surface area (TPSA) is 75.0 Å². The fraction of sp³-hybridized carbons (Fsp3) is 0.458.